The number of carboxylic acid groups (broad SMARTS) is 2. The number of ether oxygens (including phenoxy) is 1. The molecule has 1 atom stereocenters. The zero-order valence-corrected chi connectivity index (χ0v) is 12.1. The lowest BCUT2D eigenvalue weighted by Crippen LogP contribution is -2.39. The Morgan fingerprint density at radius 1 is 1.24 bits per heavy atom. The zero-order chi connectivity index (χ0) is 15.8. The molecule has 0 aromatic heterocycles. The highest BCUT2D eigenvalue weighted by atomic mass is 32.2. The molecule has 0 fully saturated rings. The smallest absolute Gasteiger partial charge is 0.326 e. The molecule has 0 aliphatic rings. The lowest BCUT2D eigenvalue weighted by atomic mass is 10.1. The number of thioether (sulfide) groups is 1. The minimum atomic E-state index is -1.26. The molecule has 8 heteroatoms. The maximum absolute atomic E-state index is 11.7. The summed E-state index contributed by atoms with van der Waals surface area (Å²) in [6.45, 7) is 0. The molecule has 0 aliphatic heterocycles. The fourth-order valence-electron chi connectivity index (χ4n) is 1.45. The van der Waals surface area contributed by atoms with Crippen LogP contribution in [0.3, 0.4) is 0 Å². The third kappa shape index (κ3) is 6.17. The van der Waals surface area contributed by atoms with Crippen LogP contribution in [0, 0.1) is 0 Å². The fraction of sp³-hybridized carbons (Fsp3) is 0.308. The van der Waals surface area contributed by atoms with Gasteiger partial charge in [0.2, 0.25) is 0 Å². The van der Waals surface area contributed by atoms with E-state index in [1.54, 1.807) is 24.3 Å². The minimum absolute atomic E-state index is 0.167. The summed E-state index contributed by atoms with van der Waals surface area (Å²) in [5.41, 5.74) is 0. The van der Waals surface area contributed by atoms with Crippen LogP contribution in [0.4, 0.5) is 4.79 Å². The fourth-order valence-corrected chi connectivity index (χ4v) is 2.14. The molecule has 1 aromatic rings. The molecule has 0 saturated heterocycles. The maximum Gasteiger partial charge on any atom is 0.326 e. The van der Waals surface area contributed by atoms with E-state index in [9.17, 15) is 14.4 Å². The standard InChI is InChI=1S/C13H15NO6S/c1-20-8-2-4-9(5-3-8)21-13(19)14-10(12(17)18)6-7-11(15)16/h2-5,10H,6-7H2,1H3,(H,14,19)(H,15,16)(H,17,18)/t10-/m1/s1. The Bertz CT molecular complexity index is 516. The van der Waals surface area contributed by atoms with Crippen LogP contribution in [0.15, 0.2) is 29.2 Å². The van der Waals surface area contributed by atoms with Crippen molar-refractivity contribution < 1.29 is 29.3 Å². The van der Waals surface area contributed by atoms with E-state index in [-0.39, 0.29) is 12.8 Å². The van der Waals surface area contributed by atoms with Crippen molar-refractivity contribution in [2.24, 2.45) is 0 Å². The lowest BCUT2D eigenvalue weighted by molar-refractivity contribution is -0.140. The highest BCUT2D eigenvalue weighted by Crippen LogP contribution is 2.22. The molecule has 0 aliphatic carbocycles. The van der Waals surface area contributed by atoms with E-state index in [1.165, 1.54) is 7.11 Å². The molecule has 0 bridgehead atoms. The summed E-state index contributed by atoms with van der Waals surface area (Å²) in [5, 5.41) is 19.2. The van der Waals surface area contributed by atoms with Crippen molar-refractivity contribution in [3.63, 3.8) is 0 Å². The van der Waals surface area contributed by atoms with Crippen molar-refractivity contribution in [3.8, 4) is 5.75 Å². The van der Waals surface area contributed by atoms with Crippen molar-refractivity contribution >= 4 is 28.9 Å². The van der Waals surface area contributed by atoms with Crippen LogP contribution in [0.2, 0.25) is 0 Å². The van der Waals surface area contributed by atoms with Gasteiger partial charge in [-0.1, -0.05) is 0 Å². The van der Waals surface area contributed by atoms with Crippen molar-refractivity contribution in [2.75, 3.05) is 7.11 Å². The average molecular weight is 313 g/mol. The largest absolute Gasteiger partial charge is 0.497 e. The second kappa shape index (κ2) is 8.15. The van der Waals surface area contributed by atoms with Crippen molar-refractivity contribution in [1.29, 1.82) is 0 Å². The van der Waals surface area contributed by atoms with Gasteiger partial charge in [0, 0.05) is 11.3 Å². The molecule has 7 nitrogen and oxygen atoms in total. The number of carboxylic acids is 2. The van der Waals surface area contributed by atoms with Gasteiger partial charge in [0.05, 0.1) is 7.11 Å². The van der Waals surface area contributed by atoms with Gasteiger partial charge in [0.1, 0.15) is 11.8 Å². The number of aliphatic carboxylic acids is 2. The van der Waals surface area contributed by atoms with Gasteiger partial charge >= 0.3 is 11.9 Å². The number of amides is 1. The first-order valence-electron chi connectivity index (χ1n) is 5.99. The molecule has 0 saturated carbocycles. The molecule has 1 amide bonds. The Balaban J connectivity index is 2.56. The van der Waals surface area contributed by atoms with Gasteiger partial charge in [0.15, 0.2) is 0 Å². The Kier molecular flexibility index (Phi) is 6.54. The van der Waals surface area contributed by atoms with E-state index in [0.717, 1.165) is 11.8 Å². The highest BCUT2D eigenvalue weighted by Gasteiger charge is 2.21. The third-order valence-corrected chi connectivity index (χ3v) is 3.32. The number of rotatable bonds is 7. The molecule has 21 heavy (non-hydrogen) atoms. The Labute approximate surface area is 125 Å². The van der Waals surface area contributed by atoms with E-state index in [2.05, 4.69) is 5.32 Å². The lowest BCUT2D eigenvalue weighted by Gasteiger charge is -2.13. The first-order valence-corrected chi connectivity index (χ1v) is 6.81. The van der Waals surface area contributed by atoms with Gasteiger partial charge in [-0.2, -0.15) is 0 Å². The number of hydrogen-bond donors (Lipinski definition) is 3. The second-order valence-corrected chi connectivity index (χ2v) is 5.08. The predicted octanol–water partition coefficient (Wildman–Crippen LogP) is 1.81. The van der Waals surface area contributed by atoms with Crippen LogP contribution >= 0.6 is 11.8 Å². The molecular formula is C13H15NO6S. The van der Waals surface area contributed by atoms with Crippen molar-refractivity contribution in [3.05, 3.63) is 24.3 Å². The van der Waals surface area contributed by atoms with Crippen molar-refractivity contribution in [2.45, 2.75) is 23.8 Å². The van der Waals surface area contributed by atoms with Crippen LogP contribution in [0.25, 0.3) is 0 Å². The van der Waals surface area contributed by atoms with E-state index >= 15 is 0 Å². The number of carbonyl (C=O) groups excluding carboxylic acids is 1. The molecule has 114 valence electrons. The van der Waals surface area contributed by atoms with Crippen LogP contribution in [0.5, 0.6) is 5.75 Å². The molecule has 3 N–H and O–H groups in total. The minimum Gasteiger partial charge on any atom is -0.497 e. The van der Waals surface area contributed by atoms with Crippen LogP contribution in [-0.4, -0.2) is 40.5 Å². The number of benzene rings is 1. The Morgan fingerprint density at radius 2 is 1.86 bits per heavy atom. The van der Waals surface area contributed by atoms with Gasteiger partial charge in [0.25, 0.3) is 5.24 Å². The van der Waals surface area contributed by atoms with E-state index in [1.807, 2.05) is 0 Å². The molecule has 0 heterocycles. The van der Waals surface area contributed by atoms with E-state index < -0.39 is 23.2 Å². The van der Waals surface area contributed by atoms with Gasteiger partial charge in [-0.3, -0.25) is 9.59 Å². The summed E-state index contributed by atoms with van der Waals surface area (Å²) in [7, 11) is 1.52. The number of hydrogen-bond acceptors (Lipinski definition) is 5. The predicted molar refractivity (Wildman–Crippen MR) is 75.7 cm³/mol. The summed E-state index contributed by atoms with van der Waals surface area (Å²) < 4.78 is 4.98. The molecule has 0 radical (unpaired) electrons. The average Bonchev–Trinajstić information content (AvgIpc) is 2.43. The summed E-state index contributed by atoms with van der Waals surface area (Å²) in [4.78, 5) is 33.7. The number of nitrogens with one attached hydrogen (secondary N) is 1. The monoisotopic (exact) mass is 313 g/mol. The molecule has 0 spiro atoms. The summed E-state index contributed by atoms with van der Waals surface area (Å²) in [5.74, 6) is -1.73. The number of methoxy groups -OCH3 is 1. The van der Waals surface area contributed by atoms with Crippen LogP contribution < -0.4 is 10.1 Å². The molecule has 1 aromatic carbocycles. The SMILES string of the molecule is COc1ccc(SC(=O)N[C@H](CCC(=O)O)C(=O)O)cc1. The van der Waals surface area contributed by atoms with Gasteiger partial charge < -0.3 is 20.3 Å². The summed E-state index contributed by atoms with van der Waals surface area (Å²) in [6, 6.07) is 5.45. The Morgan fingerprint density at radius 3 is 2.33 bits per heavy atom. The molecular weight excluding hydrogens is 298 g/mol. The summed E-state index contributed by atoms with van der Waals surface area (Å²) in [6.07, 6.45) is -0.496. The maximum atomic E-state index is 11.7. The second-order valence-electron chi connectivity index (χ2n) is 4.03. The normalized spacial score (nSPS) is 11.5. The molecule has 0 unspecified atom stereocenters. The van der Waals surface area contributed by atoms with Crippen LogP contribution in [-0.2, 0) is 9.59 Å². The Hall–Kier alpha value is -2.22. The first-order chi connectivity index (χ1) is 9.92. The zero-order valence-electron chi connectivity index (χ0n) is 11.2. The van der Waals surface area contributed by atoms with Crippen molar-refractivity contribution in [1.82, 2.24) is 5.32 Å². The van der Waals surface area contributed by atoms with E-state index in [0.29, 0.717) is 10.6 Å². The topological polar surface area (TPSA) is 113 Å². The highest BCUT2D eigenvalue weighted by molar-refractivity contribution is 8.13. The third-order valence-electron chi connectivity index (χ3n) is 2.51. The first kappa shape index (κ1) is 16.8. The number of carbonyl (C=O) groups is 3. The van der Waals surface area contributed by atoms with Gasteiger partial charge in [-0.05, 0) is 42.4 Å². The quantitative estimate of drug-likeness (QED) is 0.658. The van der Waals surface area contributed by atoms with E-state index in [4.69, 9.17) is 14.9 Å². The molecule has 1 rings (SSSR count). The summed E-state index contributed by atoms with van der Waals surface area (Å²) >= 11 is 0.826. The van der Waals surface area contributed by atoms with Gasteiger partial charge in [-0.15, -0.1) is 0 Å². The van der Waals surface area contributed by atoms with Crippen LogP contribution in [0.1, 0.15) is 12.8 Å². The van der Waals surface area contributed by atoms with Gasteiger partial charge in [-0.25, -0.2) is 4.79 Å².